The monoisotopic (exact) mass is 352 g/mol. The number of benzene rings is 1. The van der Waals surface area contributed by atoms with Crippen molar-refractivity contribution in [3.05, 3.63) is 40.1 Å². The summed E-state index contributed by atoms with van der Waals surface area (Å²) in [6.07, 6.45) is 0. The largest absolute Gasteiger partial charge is 0.492 e. The summed E-state index contributed by atoms with van der Waals surface area (Å²) in [4.78, 5) is 13.7. The van der Waals surface area contributed by atoms with Crippen molar-refractivity contribution >= 4 is 27.5 Å². The molecule has 0 fully saturated rings. The van der Waals surface area contributed by atoms with E-state index in [4.69, 9.17) is 10.5 Å². The number of amides is 1. The lowest BCUT2D eigenvalue weighted by Gasteiger charge is -2.16. The van der Waals surface area contributed by atoms with E-state index in [1.807, 2.05) is 24.3 Å². The van der Waals surface area contributed by atoms with Crippen molar-refractivity contribution in [3.8, 4) is 5.75 Å². The molecule has 0 bridgehead atoms. The van der Waals surface area contributed by atoms with Gasteiger partial charge in [-0.3, -0.25) is 9.89 Å². The van der Waals surface area contributed by atoms with Crippen LogP contribution in [0.4, 0.5) is 5.69 Å². The van der Waals surface area contributed by atoms with Gasteiger partial charge in [-0.2, -0.15) is 5.10 Å². The van der Waals surface area contributed by atoms with Crippen LogP contribution in [0.1, 0.15) is 16.2 Å². The Hall–Kier alpha value is -2.02. The lowest BCUT2D eigenvalue weighted by atomic mass is 10.3. The Morgan fingerprint density at radius 2 is 2.10 bits per heavy atom. The number of likely N-dealkylation sites (N-methyl/N-ethyl adjacent to an activating group) is 1. The van der Waals surface area contributed by atoms with Crippen LogP contribution in [0.2, 0.25) is 0 Å². The maximum Gasteiger partial charge on any atom is 0.276 e. The summed E-state index contributed by atoms with van der Waals surface area (Å²) < 4.78 is 6.57. The van der Waals surface area contributed by atoms with Gasteiger partial charge < -0.3 is 15.4 Å². The Balaban J connectivity index is 1.87. The van der Waals surface area contributed by atoms with Crippen LogP contribution in [0.5, 0.6) is 5.75 Å². The molecule has 3 N–H and O–H groups in total. The first-order valence-corrected chi connectivity index (χ1v) is 7.22. The fraction of sp³-hybridized carbons (Fsp3) is 0.286. The molecule has 0 saturated carbocycles. The highest BCUT2D eigenvalue weighted by molar-refractivity contribution is 9.10. The van der Waals surface area contributed by atoms with Gasteiger partial charge in [-0.05, 0) is 31.2 Å². The molecule has 0 aliphatic carbocycles. The first kappa shape index (κ1) is 15.4. The summed E-state index contributed by atoms with van der Waals surface area (Å²) in [5, 5.41) is 6.63. The minimum absolute atomic E-state index is 0.226. The van der Waals surface area contributed by atoms with Gasteiger partial charge in [-0.1, -0.05) is 15.9 Å². The molecule has 0 aliphatic rings. The Kier molecular flexibility index (Phi) is 4.85. The van der Waals surface area contributed by atoms with E-state index >= 15 is 0 Å². The van der Waals surface area contributed by atoms with Gasteiger partial charge in [0.1, 0.15) is 12.4 Å². The van der Waals surface area contributed by atoms with Crippen molar-refractivity contribution in [1.29, 1.82) is 0 Å². The smallest absolute Gasteiger partial charge is 0.276 e. The van der Waals surface area contributed by atoms with Crippen molar-refractivity contribution in [1.82, 2.24) is 15.1 Å². The maximum absolute atomic E-state index is 12.2. The molecule has 0 spiro atoms. The zero-order valence-electron chi connectivity index (χ0n) is 11.9. The summed E-state index contributed by atoms with van der Waals surface area (Å²) in [5.41, 5.74) is 7.13. The van der Waals surface area contributed by atoms with E-state index in [0.717, 1.165) is 10.2 Å². The van der Waals surface area contributed by atoms with E-state index in [9.17, 15) is 4.79 Å². The predicted octanol–water partition coefficient (Wildman–Crippen LogP) is 2.21. The number of halogens is 1. The number of aromatic nitrogens is 2. The quantitative estimate of drug-likeness (QED) is 0.863. The van der Waals surface area contributed by atoms with E-state index < -0.39 is 0 Å². The molecule has 7 heteroatoms. The molecular weight excluding hydrogens is 336 g/mol. The second kappa shape index (κ2) is 6.62. The van der Waals surface area contributed by atoms with Crippen LogP contribution in [0.3, 0.4) is 0 Å². The highest BCUT2D eigenvalue weighted by atomic mass is 79.9. The van der Waals surface area contributed by atoms with E-state index in [1.165, 1.54) is 4.90 Å². The molecule has 6 nitrogen and oxygen atoms in total. The van der Waals surface area contributed by atoms with Gasteiger partial charge >= 0.3 is 0 Å². The number of carbonyl (C=O) groups excluding carboxylic acids is 1. The molecule has 2 aromatic rings. The molecule has 21 heavy (non-hydrogen) atoms. The molecule has 2 rings (SSSR count). The Labute approximate surface area is 131 Å². The second-order valence-corrected chi connectivity index (χ2v) is 5.56. The van der Waals surface area contributed by atoms with Gasteiger partial charge in [0.25, 0.3) is 5.91 Å². The zero-order valence-corrected chi connectivity index (χ0v) is 13.5. The molecule has 1 aromatic carbocycles. The summed E-state index contributed by atoms with van der Waals surface area (Å²) >= 11 is 3.36. The summed E-state index contributed by atoms with van der Waals surface area (Å²) in [7, 11) is 1.69. The van der Waals surface area contributed by atoms with E-state index in [1.54, 1.807) is 14.0 Å². The topological polar surface area (TPSA) is 84.2 Å². The standard InChI is InChI=1S/C14H17BrN4O2/c1-9-12(16)13(18-17-9)14(20)19(2)7-8-21-11-5-3-10(15)4-6-11/h3-6H,7-8,16H2,1-2H3,(H,17,18). The number of anilines is 1. The van der Waals surface area contributed by atoms with E-state index in [0.29, 0.717) is 24.5 Å². The number of rotatable bonds is 5. The van der Waals surface area contributed by atoms with Crippen LogP contribution >= 0.6 is 15.9 Å². The third-order valence-corrected chi connectivity index (χ3v) is 3.58. The summed E-state index contributed by atoms with van der Waals surface area (Å²) in [6, 6.07) is 7.52. The van der Waals surface area contributed by atoms with Crippen molar-refractivity contribution in [2.75, 3.05) is 25.9 Å². The minimum atomic E-state index is -0.226. The van der Waals surface area contributed by atoms with Gasteiger partial charge in [0.05, 0.1) is 17.9 Å². The summed E-state index contributed by atoms with van der Waals surface area (Å²) in [5.74, 6) is 0.533. The molecule has 1 amide bonds. The van der Waals surface area contributed by atoms with Crippen LogP contribution in [0.25, 0.3) is 0 Å². The predicted molar refractivity (Wildman–Crippen MR) is 84.3 cm³/mol. The number of H-pyrrole nitrogens is 1. The first-order valence-electron chi connectivity index (χ1n) is 6.43. The number of nitrogens with two attached hydrogens (primary N) is 1. The van der Waals surface area contributed by atoms with E-state index in [-0.39, 0.29) is 11.6 Å². The van der Waals surface area contributed by atoms with Crippen molar-refractivity contribution in [3.63, 3.8) is 0 Å². The molecule has 0 radical (unpaired) electrons. The first-order chi connectivity index (χ1) is 9.99. The second-order valence-electron chi connectivity index (χ2n) is 4.64. The van der Waals surface area contributed by atoms with Crippen LogP contribution in [0.15, 0.2) is 28.7 Å². The SMILES string of the molecule is Cc1[nH]nc(C(=O)N(C)CCOc2ccc(Br)cc2)c1N. The van der Waals surface area contributed by atoms with Crippen LogP contribution < -0.4 is 10.5 Å². The van der Waals surface area contributed by atoms with Crippen LogP contribution in [0, 0.1) is 6.92 Å². The Morgan fingerprint density at radius 3 is 2.67 bits per heavy atom. The molecule has 1 aromatic heterocycles. The molecule has 0 unspecified atom stereocenters. The number of nitrogens with zero attached hydrogens (tertiary/aromatic N) is 2. The molecule has 112 valence electrons. The van der Waals surface area contributed by atoms with Gasteiger partial charge in [-0.25, -0.2) is 0 Å². The molecule has 0 saturated heterocycles. The van der Waals surface area contributed by atoms with Gasteiger partial charge in [0.2, 0.25) is 0 Å². The van der Waals surface area contributed by atoms with Gasteiger partial charge in [0.15, 0.2) is 5.69 Å². The normalized spacial score (nSPS) is 10.4. The number of hydrogen-bond acceptors (Lipinski definition) is 4. The minimum Gasteiger partial charge on any atom is -0.492 e. The number of aryl methyl sites for hydroxylation is 1. The third-order valence-electron chi connectivity index (χ3n) is 3.05. The number of aromatic amines is 1. The highest BCUT2D eigenvalue weighted by Gasteiger charge is 2.19. The fourth-order valence-electron chi connectivity index (χ4n) is 1.71. The molecule has 0 aliphatic heterocycles. The molecule has 1 heterocycles. The maximum atomic E-state index is 12.2. The van der Waals surface area contributed by atoms with Gasteiger partial charge in [0, 0.05) is 11.5 Å². The number of hydrogen-bond donors (Lipinski definition) is 2. The van der Waals surface area contributed by atoms with Gasteiger partial charge in [-0.15, -0.1) is 0 Å². The van der Waals surface area contributed by atoms with E-state index in [2.05, 4.69) is 26.1 Å². The van der Waals surface area contributed by atoms with Crippen molar-refractivity contribution in [2.45, 2.75) is 6.92 Å². The fourth-order valence-corrected chi connectivity index (χ4v) is 1.98. The lowest BCUT2D eigenvalue weighted by molar-refractivity contribution is 0.0769. The summed E-state index contributed by atoms with van der Waals surface area (Å²) in [6.45, 7) is 2.61. The number of ether oxygens (including phenoxy) is 1. The third kappa shape index (κ3) is 3.75. The number of nitrogen functional groups attached to an aromatic ring is 1. The molecule has 0 atom stereocenters. The Bertz CT molecular complexity index is 624. The van der Waals surface area contributed by atoms with Crippen LogP contribution in [-0.2, 0) is 0 Å². The average Bonchev–Trinajstić information content (AvgIpc) is 2.80. The number of nitrogens with one attached hydrogen (secondary N) is 1. The lowest BCUT2D eigenvalue weighted by Crippen LogP contribution is -2.31. The van der Waals surface area contributed by atoms with Crippen molar-refractivity contribution in [2.24, 2.45) is 0 Å². The highest BCUT2D eigenvalue weighted by Crippen LogP contribution is 2.16. The zero-order chi connectivity index (χ0) is 15.4. The van der Waals surface area contributed by atoms with Crippen LogP contribution in [-0.4, -0.2) is 41.2 Å². The Morgan fingerprint density at radius 1 is 1.43 bits per heavy atom. The van der Waals surface area contributed by atoms with Crippen molar-refractivity contribution < 1.29 is 9.53 Å². The average molecular weight is 353 g/mol. The molecular formula is C14H17BrN4O2. The number of carbonyl (C=O) groups is 1.